The molecule has 2 N–H and O–H groups in total. The normalized spacial score (nSPS) is 10.3. The van der Waals surface area contributed by atoms with Gasteiger partial charge in [-0.3, -0.25) is 29.8 Å². The van der Waals surface area contributed by atoms with E-state index in [1.165, 1.54) is 54.6 Å². The molecule has 0 bridgehead atoms. The number of hydrogen-bond acceptors (Lipinski definition) is 9. The zero-order chi connectivity index (χ0) is 26.2. The molecule has 36 heavy (non-hydrogen) atoms. The van der Waals surface area contributed by atoms with Gasteiger partial charge in [0.15, 0.2) is 0 Å². The highest BCUT2D eigenvalue weighted by atomic mass is 16.6. The Morgan fingerprint density at radius 1 is 0.778 bits per heavy atom. The van der Waals surface area contributed by atoms with Gasteiger partial charge in [0.2, 0.25) is 0 Å². The van der Waals surface area contributed by atoms with Crippen LogP contribution in [0.15, 0.2) is 54.6 Å². The van der Waals surface area contributed by atoms with Crippen LogP contribution in [0.1, 0.15) is 34.8 Å². The molecule has 0 atom stereocenters. The number of nitrogens with one attached hydrogen (secondary N) is 2. The number of aromatic nitrogens is 1. The monoisotopic (exact) mass is 495 g/mol. The molecule has 13 nitrogen and oxygen atoms in total. The van der Waals surface area contributed by atoms with Gasteiger partial charge in [-0.2, -0.15) is 0 Å². The van der Waals surface area contributed by atoms with Crippen LogP contribution in [-0.2, 0) is 0 Å². The third kappa shape index (κ3) is 6.08. The van der Waals surface area contributed by atoms with Crippen molar-refractivity contribution in [3.63, 3.8) is 0 Å². The standard InChI is InChI=1S/C23H21N5O8/c1-3-35-14-8-10-16(20(12-14)27(31)32)25-22(29)18-6-5-7-19(24-18)23(30)26-17-11-9-15(36-4-2)13-21(17)28(33)34/h5-13H,3-4H2,1-2H3,(H,25,29)(H,26,30). The van der Waals surface area contributed by atoms with Crippen LogP contribution in [0.2, 0.25) is 0 Å². The van der Waals surface area contributed by atoms with E-state index >= 15 is 0 Å². The third-order valence-electron chi connectivity index (χ3n) is 4.66. The number of nitro groups is 2. The van der Waals surface area contributed by atoms with Crippen LogP contribution >= 0.6 is 0 Å². The number of ether oxygens (including phenoxy) is 2. The fraction of sp³-hybridized carbons (Fsp3) is 0.174. The van der Waals surface area contributed by atoms with E-state index in [2.05, 4.69) is 15.6 Å². The van der Waals surface area contributed by atoms with Crippen LogP contribution in [0, 0.1) is 20.2 Å². The maximum absolute atomic E-state index is 12.7. The quantitative estimate of drug-likeness (QED) is 0.308. The van der Waals surface area contributed by atoms with Crippen LogP contribution in [0.5, 0.6) is 11.5 Å². The molecule has 0 aliphatic rings. The molecule has 186 valence electrons. The first-order valence-electron chi connectivity index (χ1n) is 10.7. The van der Waals surface area contributed by atoms with Crippen molar-refractivity contribution in [3.05, 3.63) is 86.2 Å². The maximum Gasteiger partial charge on any atom is 0.296 e. The Hall–Kier alpha value is -5.07. The van der Waals surface area contributed by atoms with Crippen molar-refractivity contribution in [2.24, 2.45) is 0 Å². The molecule has 1 aromatic heterocycles. The summed E-state index contributed by atoms with van der Waals surface area (Å²) in [6, 6.07) is 11.9. The number of carbonyl (C=O) groups excluding carboxylic acids is 2. The first-order valence-corrected chi connectivity index (χ1v) is 10.7. The van der Waals surface area contributed by atoms with Crippen molar-refractivity contribution in [1.29, 1.82) is 0 Å². The maximum atomic E-state index is 12.7. The second-order valence-electron chi connectivity index (χ2n) is 7.05. The lowest BCUT2D eigenvalue weighted by Crippen LogP contribution is -2.19. The molecule has 2 amide bonds. The van der Waals surface area contributed by atoms with E-state index in [1.807, 2.05) is 0 Å². The van der Waals surface area contributed by atoms with E-state index in [0.29, 0.717) is 13.2 Å². The lowest BCUT2D eigenvalue weighted by Gasteiger charge is -2.10. The minimum atomic E-state index is -0.802. The smallest absolute Gasteiger partial charge is 0.296 e. The molecular weight excluding hydrogens is 474 g/mol. The topological polar surface area (TPSA) is 176 Å². The molecule has 0 unspecified atom stereocenters. The van der Waals surface area contributed by atoms with E-state index < -0.39 is 21.7 Å². The number of pyridine rings is 1. The first kappa shape index (κ1) is 25.6. The molecule has 3 rings (SSSR count). The van der Waals surface area contributed by atoms with E-state index in [1.54, 1.807) is 13.8 Å². The largest absolute Gasteiger partial charge is 0.494 e. The van der Waals surface area contributed by atoms with Crippen molar-refractivity contribution in [2.45, 2.75) is 13.8 Å². The number of rotatable bonds is 10. The number of anilines is 2. The molecule has 0 aliphatic heterocycles. The minimum Gasteiger partial charge on any atom is -0.494 e. The Morgan fingerprint density at radius 3 is 1.56 bits per heavy atom. The molecule has 0 spiro atoms. The Bertz CT molecular complexity index is 1230. The van der Waals surface area contributed by atoms with E-state index in [4.69, 9.17) is 9.47 Å². The number of hydrogen-bond donors (Lipinski definition) is 2. The second kappa shape index (κ2) is 11.4. The SMILES string of the molecule is CCOc1ccc(NC(=O)c2cccc(C(=O)Nc3ccc(OCC)cc3[N+](=O)[O-])n2)c([N+](=O)[O-])c1. The van der Waals surface area contributed by atoms with Crippen LogP contribution < -0.4 is 20.1 Å². The summed E-state index contributed by atoms with van der Waals surface area (Å²) in [6.07, 6.45) is 0. The van der Waals surface area contributed by atoms with Crippen molar-refractivity contribution in [3.8, 4) is 11.5 Å². The number of carbonyl (C=O) groups is 2. The summed E-state index contributed by atoms with van der Waals surface area (Å²) in [5, 5.41) is 27.6. The summed E-state index contributed by atoms with van der Waals surface area (Å²) in [6.45, 7) is 4.07. The van der Waals surface area contributed by atoms with E-state index in [9.17, 15) is 29.8 Å². The van der Waals surface area contributed by atoms with Gasteiger partial charge in [-0.25, -0.2) is 4.98 Å². The van der Waals surface area contributed by atoms with Crippen molar-refractivity contribution in [1.82, 2.24) is 4.98 Å². The summed E-state index contributed by atoms with van der Waals surface area (Å²) in [5.41, 5.74) is -1.35. The van der Waals surface area contributed by atoms with Gasteiger partial charge in [-0.15, -0.1) is 0 Å². The van der Waals surface area contributed by atoms with Gasteiger partial charge >= 0.3 is 0 Å². The van der Waals surface area contributed by atoms with Gasteiger partial charge in [-0.05, 0) is 50.2 Å². The molecule has 0 saturated heterocycles. The van der Waals surface area contributed by atoms with Gasteiger partial charge in [0, 0.05) is 0 Å². The molecule has 0 fully saturated rings. The van der Waals surface area contributed by atoms with Crippen molar-refractivity contribution in [2.75, 3.05) is 23.8 Å². The van der Waals surface area contributed by atoms with Crippen LogP contribution in [0.4, 0.5) is 22.7 Å². The predicted molar refractivity (Wildman–Crippen MR) is 129 cm³/mol. The van der Waals surface area contributed by atoms with Crippen molar-refractivity contribution >= 4 is 34.6 Å². The van der Waals surface area contributed by atoms with Gasteiger partial charge in [-0.1, -0.05) is 6.07 Å². The zero-order valence-electron chi connectivity index (χ0n) is 19.2. The minimum absolute atomic E-state index is 0.0879. The summed E-state index contributed by atoms with van der Waals surface area (Å²) < 4.78 is 10.5. The third-order valence-corrected chi connectivity index (χ3v) is 4.66. The Kier molecular flexibility index (Phi) is 8.07. The molecule has 2 aromatic carbocycles. The average molecular weight is 495 g/mol. The van der Waals surface area contributed by atoms with Gasteiger partial charge in [0.25, 0.3) is 23.2 Å². The molecule has 3 aromatic rings. The first-order chi connectivity index (χ1) is 17.2. The van der Waals surface area contributed by atoms with Crippen LogP contribution in [0.25, 0.3) is 0 Å². The van der Waals surface area contributed by atoms with Crippen molar-refractivity contribution < 1.29 is 28.9 Å². The highest BCUT2D eigenvalue weighted by Crippen LogP contribution is 2.30. The Balaban J connectivity index is 1.81. The summed E-state index contributed by atoms with van der Waals surface area (Å²) >= 11 is 0. The van der Waals surface area contributed by atoms with Gasteiger partial charge < -0.3 is 20.1 Å². The summed E-state index contributed by atoms with van der Waals surface area (Å²) in [7, 11) is 0. The fourth-order valence-corrected chi connectivity index (χ4v) is 3.11. The Morgan fingerprint density at radius 2 is 1.19 bits per heavy atom. The average Bonchev–Trinajstić information content (AvgIpc) is 2.86. The fourth-order valence-electron chi connectivity index (χ4n) is 3.11. The number of benzene rings is 2. The van der Waals surface area contributed by atoms with Crippen LogP contribution in [-0.4, -0.2) is 39.9 Å². The second-order valence-corrected chi connectivity index (χ2v) is 7.05. The van der Waals surface area contributed by atoms with Gasteiger partial charge in [0.05, 0.1) is 35.2 Å². The molecule has 13 heteroatoms. The number of nitrogens with zero attached hydrogens (tertiary/aromatic N) is 3. The molecular formula is C23H21N5O8. The molecule has 0 saturated carbocycles. The lowest BCUT2D eigenvalue weighted by molar-refractivity contribution is -0.384. The summed E-state index contributed by atoms with van der Waals surface area (Å²) in [5.74, 6) is -1.07. The molecule has 0 aliphatic carbocycles. The Labute approximate surface area is 204 Å². The van der Waals surface area contributed by atoms with E-state index in [-0.39, 0.29) is 45.6 Å². The molecule has 0 radical (unpaired) electrons. The summed E-state index contributed by atoms with van der Waals surface area (Å²) in [4.78, 5) is 50.9. The van der Waals surface area contributed by atoms with Crippen LogP contribution in [0.3, 0.4) is 0 Å². The number of amides is 2. The predicted octanol–water partition coefficient (Wildman–Crippen LogP) is 4.20. The lowest BCUT2D eigenvalue weighted by atomic mass is 10.2. The number of nitro benzene ring substituents is 2. The van der Waals surface area contributed by atoms with E-state index in [0.717, 1.165) is 0 Å². The molecule has 1 heterocycles. The highest BCUT2D eigenvalue weighted by molar-refractivity contribution is 6.07. The zero-order valence-corrected chi connectivity index (χ0v) is 19.2. The highest BCUT2D eigenvalue weighted by Gasteiger charge is 2.21. The van der Waals surface area contributed by atoms with Gasteiger partial charge in [0.1, 0.15) is 34.3 Å².